The van der Waals surface area contributed by atoms with Crippen molar-refractivity contribution in [3.8, 4) is 0 Å². The molecule has 1 N–H and O–H groups in total. The molecular weight excluding hydrogens is 345 g/mol. The van der Waals surface area contributed by atoms with Crippen LogP contribution in [0.25, 0.3) is 11.1 Å². The number of rotatable bonds is 5. The Morgan fingerprint density at radius 1 is 1.32 bits per heavy atom. The Kier molecular flexibility index (Phi) is 4.72. The SMILES string of the molecule is Cc1ccccc1Nc1nc2c(Cl)nc(CC(=O)C(C)C)c(F)c2o1. The summed E-state index contributed by atoms with van der Waals surface area (Å²) in [6, 6.07) is 7.66. The van der Waals surface area contributed by atoms with Gasteiger partial charge in [-0.3, -0.25) is 4.79 Å². The third kappa shape index (κ3) is 3.49. The molecule has 0 spiro atoms. The van der Waals surface area contributed by atoms with E-state index in [1.165, 1.54) is 0 Å². The first-order chi connectivity index (χ1) is 11.9. The molecule has 0 aliphatic rings. The molecule has 5 nitrogen and oxygen atoms in total. The van der Waals surface area contributed by atoms with Gasteiger partial charge in [0.1, 0.15) is 5.78 Å². The molecule has 3 rings (SSSR count). The number of aryl methyl sites for hydroxylation is 1. The van der Waals surface area contributed by atoms with Gasteiger partial charge in [-0.1, -0.05) is 43.6 Å². The molecule has 0 saturated carbocycles. The van der Waals surface area contributed by atoms with Gasteiger partial charge in [0, 0.05) is 11.6 Å². The molecule has 0 fully saturated rings. The third-order valence-electron chi connectivity index (χ3n) is 3.88. The highest BCUT2D eigenvalue weighted by molar-refractivity contribution is 6.33. The number of nitrogens with zero attached hydrogens (tertiary/aromatic N) is 2. The van der Waals surface area contributed by atoms with Crippen LogP contribution in [0, 0.1) is 18.7 Å². The minimum Gasteiger partial charge on any atom is -0.420 e. The van der Waals surface area contributed by atoms with Gasteiger partial charge in [0.25, 0.3) is 6.01 Å². The van der Waals surface area contributed by atoms with Crippen LogP contribution in [0.3, 0.4) is 0 Å². The summed E-state index contributed by atoms with van der Waals surface area (Å²) in [5, 5.41) is 3.00. The van der Waals surface area contributed by atoms with Crippen LogP contribution in [0.15, 0.2) is 28.7 Å². The van der Waals surface area contributed by atoms with Crippen LogP contribution in [0.2, 0.25) is 5.15 Å². The highest BCUT2D eigenvalue weighted by Crippen LogP contribution is 2.30. The van der Waals surface area contributed by atoms with E-state index in [1.807, 2.05) is 31.2 Å². The van der Waals surface area contributed by atoms with Crippen molar-refractivity contribution in [2.45, 2.75) is 27.2 Å². The number of aromatic nitrogens is 2. The molecule has 0 amide bonds. The number of benzene rings is 1. The van der Waals surface area contributed by atoms with Crippen LogP contribution in [-0.4, -0.2) is 15.8 Å². The smallest absolute Gasteiger partial charge is 0.300 e. The molecule has 25 heavy (non-hydrogen) atoms. The lowest BCUT2D eigenvalue weighted by molar-refractivity contribution is -0.121. The van der Waals surface area contributed by atoms with Crippen molar-refractivity contribution < 1.29 is 13.6 Å². The Morgan fingerprint density at radius 2 is 2.04 bits per heavy atom. The van der Waals surface area contributed by atoms with Crippen LogP contribution in [0.1, 0.15) is 25.1 Å². The van der Waals surface area contributed by atoms with Gasteiger partial charge in [0.15, 0.2) is 22.1 Å². The number of nitrogens with one attached hydrogen (secondary N) is 1. The van der Waals surface area contributed by atoms with E-state index in [-0.39, 0.29) is 46.1 Å². The van der Waals surface area contributed by atoms with Crippen molar-refractivity contribution in [2.24, 2.45) is 5.92 Å². The third-order valence-corrected chi connectivity index (χ3v) is 4.14. The summed E-state index contributed by atoms with van der Waals surface area (Å²) in [6.07, 6.45) is -0.138. The molecule has 0 unspecified atom stereocenters. The van der Waals surface area contributed by atoms with E-state index in [1.54, 1.807) is 13.8 Å². The topological polar surface area (TPSA) is 68.0 Å². The van der Waals surface area contributed by atoms with Gasteiger partial charge in [0.05, 0.1) is 12.1 Å². The normalized spacial score (nSPS) is 11.3. The van der Waals surface area contributed by atoms with E-state index in [0.29, 0.717) is 0 Å². The summed E-state index contributed by atoms with van der Waals surface area (Å²) >= 11 is 6.11. The zero-order chi connectivity index (χ0) is 18.1. The Hall–Kier alpha value is -2.47. The fourth-order valence-corrected chi connectivity index (χ4v) is 2.56. The van der Waals surface area contributed by atoms with Crippen LogP contribution in [0.4, 0.5) is 16.1 Å². The molecule has 1 aromatic carbocycles. The van der Waals surface area contributed by atoms with Crippen LogP contribution >= 0.6 is 11.6 Å². The lowest BCUT2D eigenvalue weighted by atomic mass is 10.0. The van der Waals surface area contributed by atoms with Gasteiger partial charge in [0.2, 0.25) is 0 Å². The molecule has 2 heterocycles. The average molecular weight is 362 g/mol. The van der Waals surface area contributed by atoms with Gasteiger partial charge in [-0.25, -0.2) is 9.37 Å². The molecule has 0 aliphatic carbocycles. The van der Waals surface area contributed by atoms with E-state index >= 15 is 0 Å². The Labute approximate surface area is 149 Å². The molecule has 0 bridgehead atoms. The van der Waals surface area contributed by atoms with Gasteiger partial charge >= 0.3 is 0 Å². The molecule has 0 atom stereocenters. The predicted octanol–water partition coefficient (Wildman–Crippen LogP) is 4.83. The van der Waals surface area contributed by atoms with Crippen molar-refractivity contribution in [3.05, 3.63) is 46.5 Å². The highest BCUT2D eigenvalue weighted by Gasteiger charge is 2.22. The van der Waals surface area contributed by atoms with Gasteiger partial charge in [-0.05, 0) is 18.6 Å². The number of pyridine rings is 1. The first-order valence-electron chi connectivity index (χ1n) is 7.86. The molecular formula is C18H17ClFN3O2. The Balaban J connectivity index is 2.00. The summed E-state index contributed by atoms with van der Waals surface area (Å²) in [4.78, 5) is 20.0. The minimum absolute atomic E-state index is 0.00420. The monoisotopic (exact) mass is 361 g/mol. The van der Waals surface area contributed by atoms with Gasteiger partial charge in [-0.2, -0.15) is 4.98 Å². The molecule has 0 aliphatic heterocycles. The number of halogens is 2. The highest BCUT2D eigenvalue weighted by atomic mass is 35.5. The first-order valence-corrected chi connectivity index (χ1v) is 8.24. The lowest BCUT2D eigenvalue weighted by Gasteiger charge is -2.05. The van der Waals surface area contributed by atoms with E-state index in [0.717, 1.165) is 11.3 Å². The standard InChI is InChI=1S/C18H17ClFN3O2/c1-9(2)13(24)8-12-14(20)16-15(17(19)21-12)23-18(25-16)22-11-7-5-4-6-10(11)3/h4-7,9H,8H2,1-3H3,(H,22,23). The predicted molar refractivity (Wildman–Crippen MR) is 94.8 cm³/mol. The summed E-state index contributed by atoms with van der Waals surface area (Å²) in [5.41, 5.74) is 1.75. The maximum atomic E-state index is 14.7. The van der Waals surface area contributed by atoms with Crippen molar-refractivity contribution in [3.63, 3.8) is 0 Å². The summed E-state index contributed by atoms with van der Waals surface area (Å²) in [6.45, 7) is 5.42. The largest absolute Gasteiger partial charge is 0.420 e. The summed E-state index contributed by atoms with van der Waals surface area (Å²) in [7, 11) is 0. The van der Waals surface area contributed by atoms with E-state index in [9.17, 15) is 9.18 Å². The number of para-hydroxylation sites is 1. The second kappa shape index (κ2) is 6.80. The van der Waals surface area contributed by atoms with Crippen LogP contribution < -0.4 is 5.32 Å². The lowest BCUT2D eigenvalue weighted by Crippen LogP contribution is -2.12. The zero-order valence-corrected chi connectivity index (χ0v) is 14.8. The molecule has 7 heteroatoms. The molecule has 0 radical (unpaired) electrons. The number of oxazole rings is 1. The summed E-state index contributed by atoms with van der Waals surface area (Å²) < 4.78 is 20.2. The first kappa shape index (κ1) is 17.4. The quantitative estimate of drug-likeness (QED) is 0.659. The van der Waals surface area contributed by atoms with Gasteiger partial charge < -0.3 is 9.73 Å². The number of fused-ring (bicyclic) bond motifs is 1. The summed E-state index contributed by atoms with van der Waals surface area (Å²) in [5.74, 6) is -1.05. The Bertz CT molecular complexity index is 953. The average Bonchev–Trinajstić information content (AvgIpc) is 2.99. The van der Waals surface area contributed by atoms with Crippen molar-refractivity contribution in [1.29, 1.82) is 0 Å². The number of Topliss-reactive ketones (excluding diaryl/α,β-unsaturated/α-hetero) is 1. The second-order valence-electron chi connectivity index (χ2n) is 6.10. The van der Waals surface area contributed by atoms with Crippen molar-refractivity contribution in [2.75, 3.05) is 5.32 Å². The van der Waals surface area contributed by atoms with E-state index in [4.69, 9.17) is 16.0 Å². The van der Waals surface area contributed by atoms with Gasteiger partial charge in [-0.15, -0.1) is 0 Å². The number of hydrogen-bond acceptors (Lipinski definition) is 5. The molecule has 0 saturated heterocycles. The molecule has 2 aromatic heterocycles. The fraction of sp³-hybridized carbons (Fsp3) is 0.278. The number of anilines is 2. The Morgan fingerprint density at radius 3 is 2.72 bits per heavy atom. The molecule has 130 valence electrons. The maximum absolute atomic E-state index is 14.7. The zero-order valence-electron chi connectivity index (χ0n) is 14.1. The minimum atomic E-state index is -0.710. The second-order valence-corrected chi connectivity index (χ2v) is 6.46. The van der Waals surface area contributed by atoms with E-state index in [2.05, 4.69) is 15.3 Å². The van der Waals surface area contributed by atoms with Crippen LogP contribution in [-0.2, 0) is 11.2 Å². The fourth-order valence-electron chi connectivity index (χ4n) is 2.33. The number of ketones is 1. The van der Waals surface area contributed by atoms with Crippen LogP contribution in [0.5, 0.6) is 0 Å². The van der Waals surface area contributed by atoms with E-state index < -0.39 is 5.82 Å². The number of carbonyl (C=O) groups is 1. The maximum Gasteiger partial charge on any atom is 0.300 e. The number of carbonyl (C=O) groups excluding carboxylic acids is 1. The number of hydrogen-bond donors (Lipinski definition) is 1. The molecule has 3 aromatic rings. The van der Waals surface area contributed by atoms with Crippen molar-refractivity contribution in [1.82, 2.24) is 9.97 Å². The van der Waals surface area contributed by atoms with Crippen molar-refractivity contribution >= 4 is 40.2 Å².